The fourth-order valence-corrected chi connectivity index (χ4v) is 3.80. The van der Waals surface area contributed by atoms with Crippen LogP contribution in [0.5, 0.6) is 5.88 Å². The van der Waals surface area contributed by atoms with Gasteiger partial charge in [-0.25, -0.2) is 4.98 Å². The second-order valence-corrected chi connectivity index (χ2v) is 8.77. The van der Waals surface area contributed by atoms with Gasteiger partial charge in [0, 0.05) is 12.7 Å². The Morgan fingerprint density at radius 2 is 1.38 bits per heavy atom. The Morgan fingerprint density at radius 1 is 0.844 bits per heavy atom. The summed E-state index contributed by atoms with van der Waals surface area (Å²) in [6.45, 7) is 3.15. The van der Waals surface area contributed by atoms with Crippen LogP contribution in [0.15, 0.2) is 18.2 Å². The summed E-state index contributed by atoms with van der Waals surface area (Å²) >= 11 is 0. The van der Waals surface area contributed by atoms with E-state index in [0.717, 1.165) is 6.42 Å². The molecule has 1 N–H and O–H groups in total. The summed E-state index contributed by atoms with van der Waals surface area (Å²) in [5, 5.41) is 18.3. The van der Waals surface area contributed by atoms with E-state index >= 15 is 0 Å². The van der Waals surface area contributed by atoms with Gasteiger partial charge in [-0.05, 0) is 12.5 Å². The van der Waals surface area contributed by atoms with Gasteiger partial charge in [0.1, 0.15) is 17.9 Å². The first-order valence-electron chi connectivity index (χ1n) is 13.0. The molecule has 32 heavy (non-hydrogen) atoms. The van der Waals surface area contributed by atoms with Crippen molar-refractivity contribution in [1.29, 1.82) is 5.26 Å². The summed E-state index contributed by atoms with van der Waals surface area (Å²) in [6, 6.07) is 6.99. The van der Waals surface area contributed by atoms with Crippen molar-refractivity contribution < 1.29 is 14.6 Å². The molecule has 0 aliphatic carbocycles. The third-order valence-corrected chi connectivity index (χ3v) is 5.78. The third kappa shape index (κ3) is 16.1. The molecule has 182 valence electrons. The molecule has 0 bridgehead atoms. The molecule has 0 aliphatic heterocycles. The van der Waals surface area contributed by atoms with Crippen molar-refractivity contribution in [3.05, 3.63) is 23.9 Å². The average molecular weight is 447 g/mol. The molecule has 1 aromatic rings. The van der Waals surface area contributed by atoms with Gasteiger partial charge in [-0.2, -0.15) is 5.26 Å². The van der Waals surface area contributed by atoms with Gasteiger partial charge < -0.3 is 14.6 Å². The number of aliphatic hydroxyl groups excluding tert-OH is 1. The van der Waals surface area contributed by atoms with E-state index in [4.69, 9.17) is 14.7 Å². The number of ether oxygens (including phenoxy) is 2. The Labute approximate surface area is 196 Å². The molecule has 0 saturated carbocycles. The smallest absolute Gasteiger partial charge is 0.214 e. The van der Waals surface area contributed by atoms with Crippen molar-refractivity contribution in [2.75, 3.05) is 19.8 Å². The second kappa shape index (κ2) is 21.2. The monoisotopic (exact) mass is 446 g/mol. The van der Waals surface area contributed by atoms with Crippen LogP contribution in [0.3, 0.4) is 0 Å². The van der Waals surface area contributed by atoms with Gasteiger partial charge in [0.2, 0.25) is 5.88 Å². The first-order chi connectivity index (χ1) is 15.8. The lowest BCUT2D eigenvalue weighted by Gasteiger charge is -2.16. The van der Waals surface area contributed by atoms with Gasteiger partial charge in [-0.3, -0.25) is 0 Å². The Morgan fingerprint density at radius 3 is 1.88 bits per heavy atom. The average Bonchev–Trinajstić information content (AvgIpc) is 2.82. The highest BCUT2D eigenvalue weighted by molar-refractivity contribution is 5.24. The first kappa shape index (κ1) is 28.4. The predicted molar refractivity (Wildman–Crippen MR) is 131 cm³/mol. The van der Waals surface area contributed by atoms with Crippen LogP contribution in [-0.2, 0) is 4.74 Å². The molecule has 0 amide bonds. The van der Waals surface area contributed by atoms with E-state index in [1.807, 2.05) is 6.07 Å². The SMILES string of the molecule is CCCCCCCCCCCCCCCCCCOC[C@H](CO)Oc1cccc(C#N)n1. The summed E-state index contributed by atoms with van der Waals surface area (Å²) < 4.78 is 11.3. The summed E-state index contributed by atoms with van der Waals surface area (Å²) in [5.74, 6) is 0.342. The normalized spacial score (nSPS) is 11.9. The zero-order chi connectivity index (χ0) is 23.1. The molecule has 1 atom stereocenters. The molecule has 5 heteroatoms. The van der Waals surface area contributed by atoms with Crippen LogP contribution in [0.2, 0.25) is 0 Å². The number of rotatable bonds is 22. The molecule has 0 saturated heterocycles. The fraction of sp³-hybridized carbons (Fsp3) is 0.778. The van der Waals surface area contributed by atoms with E-state index in [-0.39, 0.29) is 6.61 Å². The number of nitrogens with zero attached hydrogens (tertiary/aromatic N) is 2. The molecule has 0 unspecified atom stereocenters. The zero-order valence-electron chi connectivity index (χ0n) is 20.4. The van der Waals surface area contributed by atoms with Crippen LogP contribution in [0.25, 0.3) is 0 Å². The molecular weight excluding hydrogens is 400 g/mol. The zero-order valence-corrected chi connectivity index (χ0v) is 20.4. The Bertz CT molecular complexity index is 589. The van der Waals surface area contributed by atoms with E-state index < -0.39 is 6.10 Å². The van der Waals surface area contributed by atoms with Crippen molar-refractivity contribution in [2.24, 2.45) is 0 Å². The quantitative estimate of drug-likeness (QED) is 0.195. The largest absolute Gasteiger partial charge is 0.469 e. The minimum Gasteiger partial charge on any atom is -0.469 e. The number of aliphatic hydroxyl groups is 1. The molecule has 1 aromatic heterocycles. The van der Waals surface area contributed by atoms with E-state index in [9.17, 15) is 5.11 Å². The van der Waals surface area contributed by atoms with Crippen LogP contribution < -0.4 is 4.74 Å². The number of nitriles is 1. The van der Waals surface area contributed by atoms with Crippen molar-refractivity contribution in [1.82, 2.24) is 4.98 Å². The molecule has 0 radical (unpaired) electrons. The standard InChI is InChI=1S/C27H46N2O3/c1-2-3-4-5-6-7-8-9-10-11-12-13-14-15-16-17-21-31-24-26(23-30)32-27-20-18-19-25(22-28)29-27/h18-20,26,30H,2-17,21,23-24H2,1H3/t26-/m0/s1. The molecule has 0 aliphatic rings. The fourth-order valence-electron chi connectivity index (χ4n) is 3.80. The van der Waals surface area contributed by atoms with Gasteiger partial charge in [-0.1, -0.05) is 109 Å². The summed E-state index contributed by atoms with van der Waals surface area (Å²) in [4.78, 5) is 4.06. The number of pyridine rings is 1. The number of unbranched alkanes of at least 4 members (excludes halogenated alkanes) is 15. The van der Waals surface area contributed by atoms with Crippen LogP contribution in [0.1, 0.15) is 115 Å². The lowest BCUT2D eigenvalue weighted by molar-refractivity contribution is 0.0167. The third-order valence-electron chi connectivity index (χ3n) is 5.78. The molecular formula is C27H46N2O3. The van der Waals surface area contributed by atoms with Crippen LogP contribution in [0.4, 0.5) is 0 Å². The number of aromatic nitrogens is 1. The van der Waals surface area contributed by atoms with E-state index in [2.05, 4.69) is 11.9 Å². The van der Waals surface area contributed by atoms with E-state index in [1.54, 1.807) is 18.2 Å². The topological polar surface area (TPSA) is 75.4 Å². The van der Waals surface area contributed by atoms with Gasteiger partial charge in [0.15, 0.2) is 0 Å². The van der Waals surface area contributed by atoms with E-state index in [1.165, 1.54) is 96.3 Å². The van der Waals surface area contributed by atoms with Crippen LogP contribution >= 0.6 is 0 Å². The van der Waals surface area contributed by atoms with Crippen molar-refractivity contribution >= 4 is 0 Å². The van der Waals surface area contributed by atoms with Crippen molar-refractivity contribution in [3.63, 3.8) is 0 Å². The Balaban J connectivity index is 1.86. The van der Waals surface area contributed by atoms with Crippen molar-refractivity contribution in [3.8, 4) is 11.9 Å². The second-order valence-electron chi connectivity index (χ2n) is 8.77. The highest BCUT2D eigenvalue weighted by Gasteiger charge is 2.11. The summed E-state index contributed by atoms with van der Waals surface area (Å²) in [5.41, 5.74) is 0.299. The van der Waals surface area contributed by atoms with Crippen molar-refractivity contribution in [2.45, 2.75) is 116 Å². The maximum Gasteiger partial charge on any atom is 0.214 e. The van der Waals surface area contributed by atoms with Gasteiger partial charge in [-0.15, -0.1) is 0 Å². The minimum atomic E-state index is -0.461. The lowest BCUT2D eigenvalue weighted by Crippen LogP contribution is -2.27. The molecule has 1 rings (SSSR count). The van der Waals surface area contributed by atoms with Gasteiger partial charge >= 0.3 is 0 Å². The Kier molecular flexibility index (Phi) is 18.8. The van der Waals surface area contributed by atoms with Gasteiger partial charge in [0.05, 0.1) is 13.2 Å². The lowest BCUT2D eigenvalue weighted by atomic mass is 10.0. The predicted octanol–water partition coefficient (Wildman–Crippen LogP) is 6.97. The molecule has 5 nitrogen and oxygen atoms in total. The van der Waals surface area contributed by atoms with Crippen LogP contribution in [-0.4, -0.2) is 36.0 Å². The summed E-state index contributed by atoms with van der Waals surface area (Å²) in [7, 11) is 0. The van der Waals surface area contributed by atoms with E-state index in [0.29, 0.717) is 24.8 Å². The molecule has 0 fully saturated rings. The molecule has 0 aromatic carbocycles. The van der Waals surface area contributed by atoms with Crippen LogP contribution in [0, 0.1) is 11.3 Å². The summed E-state index contributed by atoms with van der Waals surface area (Å²) in [6.07, 6.45) is 21.2. The maximum atomic E-state index is 9.46. The highest BCUT2D eigenvalue weighted by Crippen LogP contribution is 2.14. The first-order valence-corrected chi connectivity index (χ1v) is 13.0. The van der Waals surface area contributed by atoms with Gasteiger partial charge in [0.25, 0.3) is 0 Å². The molecule has 0 spiro atoms. The maximum absolute atomic E-state index is 9.46. The number of hydrogen-bond donors (Lipinski definition) is 1. The minimum absolute atomic E-state index is 0.141. The molecule has 1 heterocycles. The Hall–Kier alpha value is -1.64. The highest BCUT2D eigenvalue weighted by atomic mass is 16.5. The number of hydrogen-bond acceptors (Lipinski definition) is 5.